The van der Waals surface area contributed by atoms with Gasteiger partial charge in [-0.15, -0.1) is 12.4 Å². The van der Waals surface area contributed by atoms with Gasteiger partial charge in [0.05, 0.1) is 0 Å². The lowest BCUT2D eigenvalue weighted by Crippen LogP contribution is -2.49. The molecular weight excluding hydrogens is 350 g/mol. The van der Waals surface area contributed by atoms with Crippen LogP contribution in [0.15, 0.2) is 60.7 Å². The van der Waals surface area contributed by atoms with Crippen molar-refractivity contribution in [1.82, 2.24) is 10.6 Å². The number of hydrogen-bond donors (Lipinski definition) is 3. The maximum Gasteiger partial charge on any atom is 0.251 e. The average molecular weight is 376 g/mol. The van der Waals surface area contributed by atoms with Crippen LogP contribution in [0.5, 0.6) is 0 Å². The molecule has 0 heterocycles. The van der Waals surface area contributed by atoms with Crippen molar-refractivity contribution in [3.8, 4) is 0 Å². The molecule has 0 aliphatic heterocycles. The Morgan fingerprint density at radius 3 is 2.15 bits per heavy atom. The van der Waals surface area contributed by atoms with Crippen molar-refractivity contribution >= 4 is 24.2 Å². The van der Waals surface area contributed by atoms with E-state index in [0.717, 1.165) is 5.56 Å². The van der Waals surface area contributed by atoms with Gasteiger partial charge in [-0.1, -0.05) is 55.5 Å². The second-order valence-electron chi connectivity index (χ2n) is 6.17. The first-order valence-corrected chi connectivity index (χ1v) is 8.47. The topological polar surface area (TPSA) is 84.2 Å². The van der Waals surface area contributed by atoms with Crippen molar-refractivity contribution in [1.29, 1.82) is 0 Å². The minimum Gasteiger partial charge on any atom is -0.354 e. The van der Waals surface area contributed by atoms with Crippen LogP contribution in [0, 0.1) is 5.92 Å². The molecule has 0 spiro atoms. The summed E-state index contributed by atoms with van der Waals surface area (Å²) < 4.78 is 0. The SMILES string of the molecule is CC(CN)CNC(=O)C(Cc1ccccc1)NC(=O)c1ccccc1.Cl. The lowest BCUT2D eigenvalue weighted by molar-refractivity contribution is -0.123. The number of carbonyl (C=O) groups excluding carboxylic acids is 2. The zero-order valence-corrected chi connectivity index (χ0v) is 15.7. The van der Waals surface area contributed by atoms with E-state index in [9.17, 15) is 9.59 Å². The zero-order chi connectivity index (χ0) is 18.1. The number of amides is 2. The lowest BCUT2D eigenvalue weighted by atomic mass is 10.0. The van der Waals surface area contributed by atoms with Crippen molar-refractivity contribution in [2.24, 2.45) is 11.7 Å². The number of hydrogen-bond acceptors (Lipinski definition) is 3. The number of carbonyl (C=O) groups is 2. The molecule has 0 saturated carbocycles. The Hall–Kier alpha value is -2.37. The molecule has 2 unspecified atom stereocenters. The first-order chi connectivity index (χ1) is 12.1. The fourth-order valence-electron chi connectivity index (χ4n) is 2.37. The number of benzene rings is 2. The van der Waals surface area contributed by atoms with Gasteiger partial charge >= 0.3 is 0 Å². The molecule has 2 aromatic rings. The van der Waals surface area contributed by atoms with Gasteiger partial charge < -0.3 is 16.4 Å². The van der Waals surface area contributed by atoms with Crippen LogP contribution in [0.1, 0.15) is 22.8 Å². The molecule has 0 aliphatic rings. The van der Waals surface area contributed by atoms with E-state index < -0.39 is 6.04 Å². The molecule has 5 nitrogen and oxygen atoms in total. The highest BCUT2D eigenvalue weighted by Crippen LogP contribution is 2.06. The lowest BCUT2D eigenvalue weighted by Gasteiger charge is -2.20. The second kappa shape index (κ2) is 11.3. The molecule has 6 heteroatoms. The van der Waals surface area contributed by atoms with Gasteiger partial charge in [0, 0.05) is 18.5 Å². The first kappa shape index (κ1) is 21.7. The summed E-state index contributed by atoms with van der Waals surface area (Å²) in [5.41, 5.74) is 7.11. The molecule has 0 bridgehead atoms. The van der Waals surface area contributed by atoms with Crippen LogP contribution in [0.2, 0.25) is 0 Å². The highest BCUT2D eigenvalue weighted by atomic mass is 35.5. The van der Waals surface area contributed by atoms with Gasteiger partial charge in [0.2, 0.25) is 5.91 Å². The van der Waals surface area contributed by atoms with E-state index in [1.54, 1.807) is 24.3 Å². The quantitative estimate of drug-likeness (QED) is 0.661. The molecule has 4 N–H and O–H groups in total. The van der Waals surface area contributed by atoms with Crippen LogP contribution in [-0.2, 0) is 11.2 Å². The molecule has 0 aliphatic carbocycles. The number of rotatable bonds is 8. The Morgan fingerprint density at radius 1 is 1.00 bits per heavy atom. The fourth-order valence-corrected chi connectivity index (χ4v) is 2.37. The normalized spacial score (nSPS) is 12.4. The number of nitrogens with one attached hydrogen (secondary N) is 2. The molecule has 2 amide bonds. The van der Waals surface area contributed by atoms with Crippen LogP contribution in [-0.4, -0.2) is 30.9 Å². The summed E-state index contributed by atoms with van der Waals surface area (Å²) in [5.74, 6) is -0.275. The van der Waals surface area contributed by atoms with Gasteiger partial charge in [0.25, 0.3) is 5.91 Å². The smallest absolute Gasteiger partial charge is 0.251 e. The molecule has 0 fully saturated rings. The van der Waals surface area contributed by atoms with E-state index in [4.69, 9.17) is 5.73 Å². The molecule has 26 heavy (non-hydrogen) atoms. The summed E-state index contributed by atoms with van der Waals surface area (Å²) in [4.78, 5) is 25.0. The third kappa shape index (κ3) is 6.86. The second-order valence-corrected chi connectivity index (χ2v) is 6.17. The Balaban J connectivity index is 0.00000338. The third-order valence-electron chi connectivity index (χ3n) is 3.97. The maximum absolute atomic E-state index is 12.6. The van der Waals surface area contributed by atoms with Gasteiger partial charge in [0.1, 0.15) is 6.04 Å². The predicted octanol–water partition coefficient (Wildman–Crippen LogP) is 2.16. The van der Waals surface area contributed by atoms with E-state index in [0.29, 0.717) is 25.1 Å². The summed E-state index contributed by atoms with van der Waals surface area (Å²) in [6, 6.07) is 17.9. The summed E-state index contributed by atoms with van der Waals surface area (Å²) in [6.45, 7) is 2.96. The Bertz CT molecular complexity index is 680. The molecule has 0 saturated heterocycles. The number of halogens is 1. The van der Waals surface area contributed by atoms with Gasteiger partial charge in [-0.05, 0) is 30.2 Å². The van der Waals surface area contributed by atoms with Crippen LogP contribution in [0.4, 0.5) is 0 Å². The van der Waals surface area contributed by atoms with Gasteiger partial charge in [0.15, 0.2) is 0 Å². The summed E-state index contributed by atoms with van der Waals surface area (Å²) in [6.07, 6.45) is 0.433. The van der Waals surface area contributed by atoms with E-state index in [1.807, 2.05) is 43.3 Å². The van der Waals surface area contributed by atoms with Crippen molar-refractivity contribution in [2.45, 2.75) is 19.4 Å². The molecule has 0 aromatic heterocycles. The molecule has 2 aromatic carbocycles. The summed E-state index contributed by atoms with van der Waals surface area (Å²) in [5, 5.41) is 5.72. The van der Waals surface area contributed by atoms with Crippen molar-refractivity contribution < 1.29 is 9.59 Å². The van der Waals surface area contributed by atoms with E-state index >= 15 is 0 Å². The standard InChI is InChI=1S/C20H25N3O2.ClH/c1-15(13-21)14-22-20(25)18(12-16-8-4-2-5-9-16)23-19(24)17-10-6-3-7-11-17;/h2-11,15,18H,12-14,21H2,1H3,(H,22,25)(H,23,24);1H. The first-order valence-electron chi connectivity index (χ1n) is 8.47. The Kier molecular flexibility index (Phi) is 9.41. The molecule has 0 radical (unpaired) electrons. The maximum atomic E-state index is 12.6. The van der Waals surface area contributed by atoms with Crippen molar-refractivity contribution in [3.05, 3.63) is 71.8 Å². The van der Waals surface area contributed by atoms with Gasteiger partial charge in [-0.25, -0.2) is 0 Å². The van der Waals surface area contributed by atoms with Crippen molar-refractivity contribution in [2.75, 3.05) is 13.1 Å². The predicted molar refractivity (Wildman–Crippen MR) is 106 cm³/mol. The highest BCUT2D eigenvalue weighted by Gasteiger charge is 2.22. The van der Waals surface area contributed by atoms with Crippen LogP contribution >= 0.6 is 12.4 Å². The minimum atomic E-state index is -0.639. The Labute approximate surface area is 160 Å². The molecule has 2 rings (SSSR count). The Morgan fingerprint density at radius 2 is 1.58 bits per heavy atom. The third-order valence-corrected chi connectivity index (χ3v) is 3.97. The minimum absolute atomic E-state index is 0. The van der Waals surface area contributed by atoms with Crippen LogP contribution < -0.4 is 16.4 Å². The average Bonchev–Trinajstić information content (AvgIpc) is 2.66. The van der Waals surface area contributed by atoms with Crippen LogP contribution in [0.3, 0.4) is 0 Å². The van der Waals surface area contributed by atoms with Gasteiger partial charge in [-0.2, -0.15) is 0 Å². The van der Waals surface area contributed by atoms with Crippen molar-refractivity contribution in [3.63, 3.8) is 0 Å². The monoisotopic (exact) mass is 375 g/mol. The van der Waals surface area contributed by atoms with Gasteiger partial charge in [-0.3, -0.25) is 9.59 Å². The highest BCUT2D eigenvalue weighted by molar-refractivity contribution is 5.97. The molecule has 2 atom stereocenters. The van der Waals surface area contributed by atoms with E-state index in [2.05, 4.69) is 10.6 Å². The largest absolute Gasteiger partial charge is 0.354 e. The van der Waals surface area contributed by atoms with E-state index in [1.165, 1.54) is 0 Å². The summed E-state index contributed by atoms with van der Waals surface area (Å²) >= 11 is 0. The zero-order valence-electron chi connectivity index (χ0n) is 14.9. The van der Waals surface area contributed by atoms with E-state index in [-0.39, 0.29) is 30.1 Å². The number of nitrogens with two attached hydrogens (primary N) is 1. The summed E-state index contributed by atoms with van der Waals surface area (Å²) in [7, 11) is 0. The molecule has 140 valence electrons. The molecular formula is C20H26ClN3O2. The fraction of sp³-hybridized carbons (Fsp3) is 0.300. The van der Waals surface area contributed by atoms with Crippen LogP contribution in [0.25, 0.3) is 0 Å².